The molecule has 0 aliphatic carbocycles. The molecule has 3 heterocycles. The van der Waals surface area contributed by atoms with Crippen LogP contribution in [0.15, 0.2) is 83.8 Å². The van der Waals surface area contributed by atoms with Gasteiger partial charge in [0.25, 0.3) is 17.1 Å². The standard InChI is InChI=1S/C30H29N5O3/c1-19-8-7-16-35-27(19)33-28-25(30(35)37)18-24(29(36)32-20(2)22-9-5-4-6-10-22)26(31)34(28)17-15-21-11-13-23(38-3)14-12-21/h4-14,16,18,20,31H,15,17H2,1-3H3,(H,32,36)/p+1/t20-/m1/s1. The largest absolute Gasteiger partial charge is 0.497 e. The van der Waals surface area contributed by atoms with Crippen LogP contribution in [0.5, 0.6) is 5.75 Å². The maximum atomic E-state index is 13.6. The Balaban J connectivity index is 1.62. The van der Waals surface area contributed by atoms with Crippen LogP contribution in [-0.2, 0) is 13.0 Å². The fourth-order valence-electron chi connectivity index (χ4n) is 4.65. The van der Waals surface area contributed by atoms with Gasteiger partial charge in [-0.3, -0.25) is 14.0 Å². The van der Waals surface area contributed by atoms with Gasteiger partial charge < -0.3 is 15.8 Å². The van der Waals surface area contributed by atoms with Crippen molar-refractivity contribution in [1.29, 1.82) is 0 Å². The minimum Gasteiger partial charge on any atom is -0.497 e. The van der Waals surface area contributed by atoms with Crippen molar-refractivity contribution < 1.29 is 14.1 Å². The van der Waals surface area contributed by atoms with Crippen molar-refractivity contribution in [3.63, 3.8) is 0 Å². The van der Waals surface area contributed by atoms with E-state index in [4.69, 9.17) is 15.5 Å². The molecule has 0 aliphatic heterocycles. The number of carbonyl (C=O) groups excluding carboxylic acids is 1. The fraction of sp³-hybridized carbons (Fsp3) is 0.200. The third-order valence-electron chi connectivity index (χ3n) is 6.85. The Morgan fingerprint density at radius 3 is 2.55 bits per heavy atom. The summed E-state index contributed by atoms with van der Waals surface area (Å²) in [6.45, 7) is 4.25. The third-order valence-corrected chi connectivity index (χ3v) is 6.85. The van der Waals surface area contributed by atoms with Gasteiger partial charge in [-0.15, -0.1) is 0 Å². The van der Waals surface area contributed by atoms with Gasteiger partial charge in [-0.25, -0.2) is 4.57 Å². The first-order chi connectivity index (χ1) is 18.4. The molecule has 0 aliphatic rings. The van der Waals surface area contributed by atoms with Crippen LogP contribution in [0.1, 0.15) is 40.0 Å². The van der Waals surface area contributed by atoms with Crippen LogP contribution in [0, 0.1) is 6.92 Å². The zero-order valence-electron chi connectivity index (χ0n) is 21.6. The lowest BCUT2D eigenvalue weighted by Gasteiger charge is -2.16. The molecule has 5 rings (SSSR count). The zero-order chi connectivity index (χ0) is 26.8. The number of nitrogen functional groups attached to an aromatic ring is 1. The van der Waals surface area contributed by atoms with E-state index in [0.717, 1.165) is 22.4 Å². The number of ether oxygens (including phenoxy) is 1. The van der Waals surface area contributed by atoms with Crippen molar-refractivity contribution in [3.8, 4) is 5.75 Å². The highest BCUT2D eigenvalue weighted by Gasteiger charge is 2.25. The Bertz CT molecular complexity index is 1700. The number of benzene rings is 2. The molecule has 0 spiro atoms. The summed E-state index contributed by atoms with van der Waals surface area (Å²) < 4.78 is 8.55. The number of nitrogens with one attached hydrogen (secondary N) is 1. The molecule has 0 radical (unpaired) electrons. The highest BCUT2D eigenvalue weighted by molar-refractivity contribution is 6.00. The number of anilines is 1. The Morgan fingerprint density at radius 2 is 1.84 bits per heavy atom. The van der Waals surface area contributed by atoms with Crippen molar-refractivity contribution in [3.05, 3.63) is 112 Å². The van der Waals surface area contributed by atoms with Gasteiger partial charge in [0, 0.05) is 18.2 Å². The molecule has 5 aromatic rings. The SMILES string of the molecule is COc1ccc(CC[n+]2c(N)c(C(=O)N[C@H](C)c3ccccc3)cc3c(=O)n4cccc(C)c4nc32)cc1. The number of amides is 1. The molecule has 2 aromatic carbocycles. The van der Waals surface area contributed by atoms with Gasteiger partial charge >= 0.3 is 0 Å². The van der Waals surface area contributed by atoms with Crippen LogP contribution in [0.25, 0.3) is 16.7 Å². The number of hydrogen-bond donors (Lipinski definition) is 2. The Kier molecular flexibility index (Phi) is 6.79. The van der Waals surface area contributed by atoms with E-state index in [2.05, 4.69) is 5.32 Å². The lowest BCUT2D eigenvalue weighted by atomic mass is 10.1. The van der Waals surface area contributed by atoms with Crippen molar-refractivity contribution in [2.45, 2.75) is 32.9 Å². The maximum absolute atomic E-state index is 13.6. The number of aryl methyl sites for hydroxylation is 3. The highest BCUT2D eigenvalue weighted by Crippen LogP contribution is 2.19. The summed E-state index contributed by atoms with van der Waals surface area (Å²) in [6.07, 6.45) is 2.31. The predicted octanol–water partition coefficient (Wildman–Crippen LogP) is 3.77. The molecule has 1 atom stereocenters. The van der Waals surface area contributed by atoms with Crippen LogP contribution >= 0.6 is 0 Å². The van der Waals surface area contributed by atoms with E-state index >= 15 is 0 Å². The van der Waals surface area contributed by atoms with Crippen molar-refractivity contribution in [1.82, 2.24) is 14.7 Å². The molecule has 3 N–H and O–H groups in total. The zero-order valence-corrected chi connectivity index (χ0v) is 21.6. The van der Waals surface area contributed by atoms with Gasteiger partial charge in [0.1, 0.15) is 16.7 Å². The van der Waals surface area contributed by atoms with Gasteiger partial charge in [-0.2, -0.15) is 0 Å². The lowest BCUT2D eigenvalue weighted by molar-refractivity contribution is -0.658. The molecule has 0 bridgehead atoms. The van der Waals surface area contributed by atoms with Gasteiger partial charge in [-0.1, -0.05) is 53.5 Å². The summed E-state index contributed by atoms with van der Waals surface area (Å²) in [6, 6.07) is 22.5. The van der Waals surface area contributed by atoms with Crippen LogP contribution in [-0.4, -0.2) is 22.4 Å². The van der Waals surface area contributed by atoms with Crippen LogP contribution in [0.2, 0.25) is 0 Å². The minimum atomic E-state index is -0.354. The second-order valence-corrected chi connectivity index (χ2v) is 9.34. The molecule has 38 heavy (non-hydrogen) atoms. The molecular formula is C30H30N5O3+. The molecule has 8 nitrogen and oxygen atoms in total. The number of methoxy groups -OCH3 is 1. The molecule has 8 heteroatoms. The summed E-state index contributed by atoms with van der Waals surface area (Å²) >= 11 is 0. The molecule has 0 unspecified atom stereocenters. The summed E-state index contributed by atoms with van der Waals surface area (Å²) in [7, 11) is 1.63. The first kappa shape index (κ1) is 25.0. The Labute approximate surface area is 220 Å². The number of nitrogens with two attached hydrogens (primary N) is 1. The van der Waals surface area contributed by atoms with Crippen molar-refractivity contribution in [2.75, 3.05) is 12.8 Å². The molecule has 3 aromatic heterocycles. The first-order valence-corrected chi connectivity index (χ1v) is 12.5. The average molecular weight is 509 g/mol. The summed E-state index contributed by atoms with van der Waals surface area (Å²) in [5, 5.41) is 3.35. The van der Waals surface area contributed by atoms with Crippen LogP contribution in [0.4, 0.5) is 5.82 Å². The van der Waals surface area contributed by atoms with E-state index < -0.39 is 0 Å². The second kappa shape index (κ2) is 10.3. The summed E-state index contributed by atoms with van der Waals surface area (Å²) in [5.41, 5.74) is 10.5. The molecule has 0 fully saturated rings. The quantitative estimate of drug-likeness (QED) is 0.257. The van der Waals surface area contributed by atoms with E-state index in [1.807, 2.05) is 74.5 Å². The average Bonchev–Trinajstić information content (AvgIpc) is 2.94. The van der Waals surface area contributed by atoms with E-state index in [9.17, 15) is 9.59 Å². The topological polar surface area (TPSA) is 103 Å². The van der Waals surface area contributed by atoms with Gasteiger partial charge in [0.05, 0.1) is 19.7 Å². The maximum Gasteiger partial charge on any atom is 0.278 e. The monoisotopic (exact) mass is 508 g/mol. The molecule has 0 saturated heterocycles. The number of fused-ring (bicyclic) bond motifs is 2. The number of aromatic nitrogens is 3. The second-order valence-electron chi connectivity index (χ2n) is 9.34. The van der Waals surface area contributed by atoms with Crippen molar-refractivity contribution >= 4 is 28.4 Å². The number of hydrogen-bond acceptors (Lipinski definition) is 5. The number of pyridine rings is 2. The fourth-order valence-corrected chi connectivity index (χ4v) is 4.65. The predicted molar refractivity (Wildman–Crippen MR) is 147 cm³/mol. The third kappa shape index (κ3) is 4.68. The normalized spacial score (nSPS) is 12.0. The van der Waals surface area contributed by atoms with Gasteiger partial charge in [-0.05, 0) is 49.2 Å². The smallest absolute Gasteiger partial charge is 0.278 e. The first-order valence-electron chi connectivity index (χ1n) is 12.5. The molecular weight excluding hydrogens is 478 g/mol. The molecule has 0 saturated carbocycles. The van der Waals surface area contributed by atoms with E-state index in [-0.39, 0.29) is 28.9 Å². The van der Waals surface area contributed by atoms with E-state index in [0.29, 0.717) is 29.6 Å². The molecule has 1 amide bonds. The van der Waals surface area contributed by atoms with Gasteiger partial charge in [0.15, 0.2) is 0 Å². The lowest BCUT2D eigenvalue weighted by Crippen LogP contribution is -2.43. The Morgan fingerprint density at radius 1 is 1.11 bits per heavy atom. The van der Waals surface area contributed by atoms with Crippen LogP contribution < -0.4 is 25.9 Å². The van der Waals surface area contributed by atoms with E-state index in [1.54, 1.807) is 30.0 Å². The minimum absolute atomic E-state index is 0.238. The number of rotatable bonds is 7. The number of carbonyl (C=O) groups is 1. The molecule has 192 valence electrons. The highest BCUT2D eigenvalue weighted by atomic mass is 16.5. The van der Waals surface area contributed by atoms with E-state index in [1.165, 1.54) is 4.40 Å². The van der Waals surface area contributed by atoms with Gasteiger partial charge in [0.2, 0.25) is 11.5 Å². The number of nitrogens with zero attached hydrogens (tertiary/aromatic N) is 3. The van der Waals surface area contributed by atoms with Crippen LogP contribution in [0.3, 0.4) is 0 Å². The summed E-state index contributed by atoms with van der Waals surface area (Å²) in [4.78, 5) is 31.9. The Hall–Kier alpha value is -4.72. The van der Waals surface area contributed by atoms with Crippen molar-refractivity contribution in [2.24, 2.45) is 0 Å². The summed E-state index contributed by atoms with van der Waals surface area (Å²) in [5.74, 6) is 0.676.